The van der Waals surface area contributed by atoms with E-state index in [-0.39, 0.29) is 13.2 Å². The molecule has 0 aliphatic heterocycles. The van der Waals surface area contributed by atoms with Crippen molar-refractivity contribution in [3.63, 3.8) is 0 Å². The highest BCUT2D eigenvalue weighted by Gasteiger charge is 2.08. The van der Waals surface area contributed by atoms with E-state index >= 15 is 0 Å². The van der Waals surface area contributed by atoms with Gasteiger partial charge in [-0.15, -0.1) is 0 Å². The average molecular weight is 289 g/mol. The second-order valence-corrected chi connectivity index (χ2v) is 4.29. The number of hydrogen-bond acceptors (Lipinski definition) is 4. The van der Waals surface area contributed by atoms with Crippen molar-refractivity contribution in [2.24, 2.45) is 0 Å². The fraction of sp³-hybridized carbons (Fsp3) is 0.333. The number of rotatable bonds is 5. The van der Waals surface area contributed by atoms with Crippen LogP contribution in [-0.2, 0) is 13.2 Å². The molecule has 2 aromatic rings. The van der Waals surface area contributed by atoms with Gasteiger partial charge in [0.25, 0.3) is 0 Å². The van der Waals surface area contributed by atoms with E-state index in [0.717, 1.165) is 13.0 Å². The molecule has 0 bridgehead atoms. The molecule has 0 aliphatic rings. The number of benzene rings is 1. The standard InChI is InChI=1S/C15H16FN3O2/c1-2-7-19-15(17-11-18-19)10-21-14-9-13(16)6-5-12(14)4-3-8-20/h5-6,9,11,20H,2,7-8,10H2,1H3. The van der Waals surface area contributed by atoms with Gasteiger partial charge in [0.05, 0.1) is 5.56 Å². The molecule has 0 fully saturated rings. The lowest BCUT2D eigenvalue weighted by Crippen LogP contribution is -2.09. The Morgan fingerprint density at radius 3 is 3.05 bits per heavy atom. The largest absolute Gasteiger partial charge is 0.484 e. The normalized spacial score (nSPS) is 10.0. The molecule has 0 radical (unpaired) electrons. The summed E-state index contributed by atoms with van der Waals surface area (Å²) in [7, 11) is 0. The second kappa shape index (κ2) is 7.41. The third-order valence-electron chi connectivity index (χ3n) is 2.73. The number of aryl methyl sites for hydroxylation is 1. The van der Waals surface area contributed by atoms with Crippen LogP contribution >= 0.6 is 0 Å². The zero-order chi connectivity index (χ0) is 15.1. The van der Waals surface area contributed by atoms with Crippen molar-refractivity contribution in [2.75, 3.05) is 6.61 Å². The first-order valence-corrected chi connectivity index (χ1v) is 6.63. The Labute approximate surface area is 122 Å². The molecule has 1 heterocycles. The number of hydrogen-bond donors (Lipinski definition) is 1. The summed E-state index contributed by atoms with van der Waals surface area (Å²) in [4.78, 5) is 4.12. The summed E-state index contributed by atoms with van der Waals surface area (Å²) in [6.45, 7) is 2.71. The molecule has 5 nitrogen and oxygen atoms in total. The highest BCUT2D eigenvalue weighted by molar-refractivity contribution is 5.46. The molecule has 2 rings (SSSR count). The summed E-state index contributed by atoms with van der Waals surface area (Å²) in [5, 5.41) is 12.8. The van der Waals surface area contributed by atoms with Gasteiger partial charge in [-0.2, -0.15) is 5.10 Å². The van der Waals surface area contributed by atoms with E-state index in [9.17, 15) is 4.39 Å². The van der Waals surface area contributed by atoms with Crippen molar-refractivity contribution in [2.45, 2.75) is 26.5 Å². The summed E-state index contributed by atoms with van der Waals surface area (Å²) in [5.41, 5.74) is 0.520. The summed E-state index contributed by atoms with van der Waals surface area (Å²) < 4.78 is 20.7. The second-order valence-electron chi connectivity index (χ2n) is 4.29. The van der Waals surface area contributed by atoms with Crippen LogP contribution in [0.5, 0.6) is 5.75 Å². The van der Waals surface area contributed by atoms with Gasteiger partial charge in [0.2, 0.25) is 0 Å². The number of ether oxygens (including phenoxy) is 1. The first kappa shape index (κ1) is 15.0. The van der Waals surface area contributed by atoms with Crippen molar-refractivity contribution in [3.8, 4) is 17.6 Å². The van der Waals surface area contributed by atoms with Crippen molar-refractivity contribution >= 4 is 0 Å². The van der Waals surface area contributed by atoms with Crippen LogP contribution in [0.4, 0.5) is 4.39 Å². The molecule has 0 amide bonds. The molecule has 0 unspecified atom stereocenters. The van der Waals surface area contributed by atoms with Crippen molar-refractivity contribution in [3.05, 3.63) is 41.7 Å². The quantitative estimate of drug-likeness (QED) is 0.852. The van der Waals surface area contributed by atoms with Gasteiger partial charge in [0, 0.05) is 12.6 Å². The number of nitrogens with zero attached hydrogens (tertiary/aromatic N) is 3. The molecule has 0 spiro atoms. The van der Waals surface area contributed by atoms with Gasteiger partial charge < -0.3 is 9.84 Å². The smallest absolute Gasteiger partial charge is 0.164 e. The Balaban J connectivity index is 2.15. The maximum absolute atomic E-state index is 13.3. The van der Waals surface area contributed by atoms with E-state index in [1.807, 2.05) is 6.92 Å². The van der Waals surface area contributed by atoms with Gasteiger partial charge in [-0.05, 0) is 18.6 Å². The van der Waals surface area contributed by atoms with Crippen LogP contribution in [0.25, 0.3) is 0 Å². The number of aliphatic hydroxyl groups is 1. The fourth-order valence-corrected chi connectivity index (χ4v) is 1.79. The summed E-state index contributed by atoms with van der Waals surface area (Å²) >= 11 is 0. The Morgan fingerprint density at radius 1 is 1.43 bits per heavy atom. The van der Waals surface area contributed by atoms with E-state index in [4.69, 9.17) is 9.84 Å². The predicted molar refractivity (Wildman–Crippen MR) is 75.0 cm³/mol. The van der Waals surface area contributed by atoms with Crippen LogP contribution in [0.2, 0.25) is 0 Å². The highest BCUT2D eigenvalue weighted by Crippen LogP contribution is 2.20. The molecule has 21 heavy (non-hydrogen) atoms. The van der Waals surface area contributed by atoms with E-state index in [0.29, 0.717) is 17.1 Å². The van der Waals surface area contributed by atoms with Crippen LogP contribution in [0.3, 0.4) is 0 Å². The lowest BCUT2D eigenvalue weighted by Gasteiger charge is -2.09. The van der Waals surface area contributed by atoms with Gasteiger partial charge in [-0.25, -0.2) is 14.1 Å². The molecule has 0 aliphatic carbocycles. The lowest BCUT2D eigenvalue weighted by atomic mass is 10.2. The van der Waals surface area contributed by atoms with Crippen LogP contribution in [0, 0.1) is 17.7 Å². The topological polar surface area (TPSA) is 60.2 Å². The summed E-state index contributed by atoms with van der Waals surface area (Å²) in [5.74, 6) is 5.83. The van der Waals surface area contributed by atoms with E-state index < -0.39 is 5.82 Å². The minimum Gasteiger partial charge on any atom is -0.484 e. The van der Waals surface area contributed by atoms with Crippen molar-refractivity contribution in [1.82, 2.24) is 14.8 Å². The Hall–Kier alpha value is -2.39. The molecule has 0 saturated carbocycles. The third kappa shape index (κ3) is 4.04. The number of aliphatic hydroxyl groups excluding tert-OH is 1. The molecule has 1 aromatic heterocycles. The molecule has 110 valence electrons. The fourth-order valence-electron chi connectivity index (χ4n) is 1.79. The van der Waals surface area contributed by atoms with Gasteiger partial charge in [-0.1, -0.05) is 18.8 Å². The minimum absolute atomic E-state index is 0.178. The summed E-state index contributed by atoms with van der Waals surface area (Å²) in [6.07, 6.45) is 2.40. The molecule has 1 N–H and O–H groups in total. The van der Waals surface area contributed by atoms with Gasteiger partial charge in [0.15, 0.2) is 5.82 Å². The first-order chi connectivity index (χ1) is 10.2. The Morgan fingerprint density at radius 2 is 2.29 bits per heavy atom. The SMILES string of the molecule is CCCn1ncnc1COc1cc(F)ccc1C#CCO. The molecule has 1 aromatic carbocycles. The first-order valence-electron chi connectivity index (χ1n) is 6.63. The van der Waals surface area contributed by atoms with Crippen LogP contribution in [-0.4, -0.2) is 26.5 Å². The van der Waals surface area contributed by atoms with Crippen LogP contribution < -0.4 is 4.74 Å². The number of aromatic nitrogens is 3. The zero-order valence-electron chi connectivity index (χ0n) is 11.7. The molecule has 0 saturated heterocycles. The Bertz CT molecular complexity index is 658. The minimum atomic E-state index is -0.408. The maximum Gasteiger partial charge on any atom is 0.164 e. The Kier molecular flexibility index (Phi) is 5.29. The van der Waals surface area contributed by atoms with Crippen LogP contribution in [0.15, 0.2) is 24.5 Å². The lowest BCUT2D eigenvalue weighted by molar-refractivity contribution is 0.284. The van der Waals surface area contributed by atoms with Gasteiger partial charge >= 0.3 is 0 Å². The van der Waals surface area contributed by atoms with E-state index in [1.165, 1.54) is 24.5 Å². The molecule has 0 atom stereocenters. The van der Waals surface area contributed by atoms with Crippen molar-refractivity contribution < 1.29 is 14.2 Å². The monoisotopic (exact) mass is 289 g/mol. The predicted octanol–water partition coefficient (Wildman–Crippen LogP) is 1.75. The van der Waals surface area contributed by atoms with Gasteiger partial charge in [0.1, 0.15) is 31.1 Å². The maximum atomic E-state index is 13.3. The van der Waals surface area contributed by atoms with E-state index in [2.05, 4.69) is 21.9 Å². The third-order valence-corrected chi connectivity index (χ3v) is 2.73. The average Bonchev–Trinajstić information content (AvgIpc) is 2.92. The molecule has 6 heteroatoms. The van der Waals surface area contributed by atoms with Crippen LogP contribution in [0.1, 0.15) is 24.7 Å². The van der Waals surface area contributed by atoms with Crippen molar-refractivity contribution in [1.29, 1.82) is 0 Å². The van der Waals surface area contributed by atoms with Gasteiger partial charge in [-0.3, -0.25) is 0 Å². The zero-order valence-corrected chi connectivity index (χ0v) is 11.7. The molecular formula is C15H16FN3O2. The summed E-state index contributed by atoms with van der Waals surface area (Å²) in [6, 6.07) is 4.08. The highest BCUT2D eigenvalue weighted by atomic mass is 19.1. The number of halogens is 1. The van der Waals surface area contributed by atoms with E-state index in [1.54, 1.807) is 4.68 Å². The molecular weight excluding hydrogens is 273 g/mol.